The predicted molar refractivity (Wildman–Crippen MR) is 38.6 cm³/mol. The summed E-state index contributed by atoms with van der Waals surface area (Å²) in [7, 11) is 0. The zero-order valence-electron chi connectivity index (χ0n) is 6.03. The molecule has 1 saturated carbocycles. The Morgan fingerprint density at radius 1 is 1.73 bits per heavy atom. The van der Waals surface area contributed by atoms with Gasteiger partial charge >= 0.3 is 5.97 Å². The second-order valence-corrected chi connectivity index (χ2v) is 2.67. The first-order valence-electron chi connectivity index (χ1n) is 3.55. The van der Waals surface area contributed by atoms with Crippen molar-refractivity contribution < 1.29 is 9.90 Å². The van der Waals surface area contributed by atoms with Crippen molar-refractivity contribution in [1.29, 1.82) is 5.26 Å². The predicted octanol–water partition coefficient (Wildman–Crippen LogP) is 1.18. The molecule has 0 aromatic carbocycles. The lowest BCUT2D eigenvalue weighted by Gasteiger charge is -1.92. The minimum absolute atomic E-state index is 0.533. The average Bonchev–Trinajstić information content (AvgIpc) is 2.72. The van der Waals surface area contributed by atoms with E-state index in [9.17, 15) is 4.79 Å². The Kier molecular flexibility index (Phi) is 2.27. The van der Waals surface area contributed by atoms with Gasteiger partial charge in [0.15, 0.2) is 5.92 Å². The molecule has 1 N–H and O–H groups in total. The van der Waals surface area contributed by atoms with E-state index in [0.717, 1.165) is 12.8 Å². The second kappa shape index (κ2) is 3.20. The van der Waals surface area contributed by atoms with Crippen molar-refractivity contribution >= 4 is 5.97 Å². The SMILES string of the molecule is N#CC(C=CC1CC1)C(=O)O. The summed E-state index contributed by atoms with van der Waals surface area (Å²) in [6.07, 6.45) is 5.56. The monoisotopic (exact) mass is 151 g/mol. The zero-order chi connectivity index (χ0) is 8.27. The van der Waals surface area contributed by atoms with E-state index in [2.05, 4.69) is 0 Å². The van der Waals surface area contributed by atoms with E-state index in [0.29, 0.717) is 5.92 Å². The van der Waals surface area contributed by atoms with Crippen LogP contribution in [-0.4, -0.2) is 11.1 Å². The zero-order valence-corrected chi connectivity index (χ0v) is 6.03. The Morgan fingerprint density at radius 2 is 2.36 bits per heavy atom. The molecule has 1 unspecified atom stereocenters. The van der Waals surface area contributed by atoms with Crippen LogP contribution in [0.4, 0.5) is 0 Å². The van der Waals surface area contributed by atoms with Gasteiger partial charge in [-0.3, -0.25) is 4.79 Å². The van der Waals surface area contributed by atoms with Gasteiger partial charge in [0.25, 0.3) is 0 Å². The molecule has 1 fully saturated rings. The summed E-state index contributed by atoms with van der Waals surface area (Å²) in [4.78, 5) is 10.3. The highest BCUT2D eigenvalue weighted by atomic mass is 16.4. The number of nitriles is 1. The van der Waals surface area contributed by atoms with Crippen LogP contribution in [-0.2, 0) is 4.79 Å². The molecule has 1 aliphatic carbocycles. The van der Waals surface area contributed by atoms with Crippen molar-refractivity contribution in [3.63, 3.8) is 0 Å². The van der Waals surface area contributed by atoms with Crippen LogP contribution in [0.3, 0.4) is 0 Å². The van der Waals surface area contributed by atoms with Crippen LogP contribution in [0.1, 0.15) is 12.8 Å². The highest BCUT2D eigenvalue weighted by Gasteiger charge is 2.19. The van der Waals surface area contributed by atoms with Crippen molar-refractivity contribution in [3.8, 4) is 6.07 Å². The summed E-state index contributed by atoms with van der Waals surface area (Å²) in [6, 6.07) is 1.70. The molecule has 0 saturated heterocycles. The quantitative estimate of drug-likeness (QED) is 0.616. The smallest absolute Gasteiger partial charge is 0.324 e. The van der Waals surface area contributed by atoms with Gasteiger partial charge in [0, 0.05) is 0 Å². The van der Waals surface area contributed by atoms with Crippen molar-refractivity contribution in [3.05, 3.63) is 12.2 Å². The number of allylic oxidation sites excluding steroid dienone is 1. The van der Waals surface area contributed by atoms with Gasteiger partial charge in [-0.2, -0.15) is 5.26 Å². The summed E-state index contributed by atoms with van der Waals surface area (Å²) in [5.41, 5.74) is 0. The Hall–Kier alpha value is -1.30. The molecule has 58 valence electrons. The minimum Gasteiger partial charge on any atom is -0.480 e. The van der Waals surface area contributed by atoms with Gasteiger partial charge in [-0.15, -0.1) is 0 Å². The molecule has 1 atom stereocenters. The van der Waals surface area contributed by atoms with Gasteiger partial charge in [0.2, 0.25) is 0 Å². The van der Waals surface area contributed by atoms with Gasteiger partial charge in [-0.1, -0.05) is 12.2 Å². The molecule has 0 aromatic heterocycles. The first-order valence-corrected chi connectivity index (χ1v) is 3.55. The maximum absolute atomic E-state index is 10.3. The number of aliphatic carboxylic acids is 1. The van der Waals surface area contributed by atoms with Crippen LogP contribution in [0, 0.1) is 23.2 Å². The second-order valence-electron chi connectivity index (χ2n) is 2.67. The number of hydrogen-bond donors (Lipinski definition) is 1. The van der Waals surface area contributed by atoms with Crippen LogP contribution in [0.2, 0.25) is 0 Å². The van der Waals surface area contributed by atoms with E-state index < -0.39 is 11.9 Å². The third-order valence-corrected chi connectivity index (χ3v) is 1.60. The lowest BCUT2D eigenvalue weighted by atomic mass is 10.1. The average molecular weight is 151 g/mol. The lowest BCUT2D eigenvalue weighted by Crippen LogP contribution is -2.07. The molecule has 1 rings (SSSR count). The van der Waals surface area contributed by atoms with Gasteiger partial charge in [-0.05, 0) is 18.8 Å². The number of hydrogen-bond acceptors (Lipinski definition) is 2. The third-order valence-electron chi connectivity index (χ3n) is 1.60. The molecule has 0 radical (unpaired) electrons. The maximum atomic E-state index is 10.3. The summed E-state index contributed by atoms with van der Waals surface area (Å²) < 4.78 is 0. The van der Waals surface area contributed by atoms with Crippen LogP contribution in [0.15, 0.2) is 12.2 Å². The standard InChI is InChI=1S/C8H9NO2/c9-5-7(8(10)11)4-3-6-1-2-6/h3-4,6-7H,1-2H2,(H,10,11). The van der Waals surface area contributed by atoms with Crippen LogP contribution in [0.5, 0.6) is 0 Å². The Balaban J connectivity index is 2.43. The Labute approximate surface area is 64.9 Å². The molecule has 0 aromatic rings. The van der Waals surface area contributed by atoms with Gasteiger partial charge < -0.3 is 5.11 Å². The van der Waals surface area contributed by atoms with Crippen LogP contribution >= 0.6 is 0 Å². The van der Waals surface area contributed by atoms with E-state index in [-0.39, 0.29) is 0 Å². The number of nitrogens with zero attached hydrogens (tertiary/aromatic N) is 1. The minimum atomic E-state index is -1.07. The Morgan fingerprint density at radius 3 is 2.73 bits per heavy atom. The molecule has 1 aliphatic rings. The molecular formula is C8H9NO2. The summed E-state index contributed by atoms with van der Waals surface area (Å²) in [5, 5.41) is 16.8. The largest absolute Gasteiger partial charge is 0.480 e. The summed E-state index contributed by atoms with van der Waals surface area (Å²) in [6.45, 7) is 0. The first-order chi connectivity index (χ1) is 5.24. The normalized spacial score (nSPS) is 19.5. The first kappa shape index (κ1) is 7.80. The molecule has 3 nitrogen and oxygen atoms in total. The molecular weight excluding hydrogens is 142 g/mol. The molecule has 11 heavy (non-hydrogen) atoms. The molecule has 0 bridgehead atoms. The lowest BCUT2D eigenvalue weighted by molar-refractivity contribution is -0.138. The van der Waals surface area contributed by atoms with Crippen LogP contribution < -0.4 is 0 Å². The fourth-order valence-corrected chi connectivity index (χ4v) is 0.737. The molecule has 0 heterocycles. The summed E-state index contributed by atoms with van der Waals surface area (Å²) in [5.74, 6) is -1.50. The number of carboxylic acids is 1. The van der Waals surface area contributed by atoms with E-state index in [1.165, 1.54) is 6.08 Å². The van der Waals surface area contributed by atoms with Gasteiger partial charge in [0.05, 0.1) is 6.07 Å². The van der Waals surface area contributed by atoms with Crippen molar-refractivity contribution in [2.75, 3.05) is 0 Å². The number of rotatable bonds is 3. The molecule has 3 heteroatoms. The third kappa shape index (κ3) is 2.42. The summed E-state index contributed by atoms with van der Waals surface area (Å²) >= 11 is 0. The van der Waals surface area contributed by atoms with E-state index in [1.807, 2.05) is 6.08 Å². The maximum Gasteiger partial charge on any atom is 0.324 e. The highest BCUT2D eigenvalue weighted by molar-refractivity contribution is 5.75. The van der Waals surface area contributed by atoms with E-state index in [4.69, 9.17) is 10.4 Å². The fraction of sp³-hybridized carbons (Fsp3) is 0.500. The van der Waals surface area contributed by atoms with Crippen LogP contribution in [0.25, 0.3) is 0 Å². The van der Waals surface area contributed by atoms with Gasteiger partial charge in [0.1, 0.15) is 0 Å². The topological polar surface area (TPSA) is 61.1 Å². The van der Waals surface area contributed by atoms with Crippen molar-refractivity contribution in [1.82, 2.24) is 0 Å². The molecule has 0 spiro atoms. The Bertz CT molecular complexity index is 223. The van der Waals surface area contributed by atoms with Crippen molar-refractivity contribution in [2.24, 2.45) is 11.8 Å². The highest BCUT2D eigenvalue weighted by Crippen LogP contribution is 2.30. The van der Waals surface area contributed by atoms with Crippen molar-refractivity contribution in [2.45, 2.75) is 12.8 Å². The van der Waals surface area contributed by atoms with E-state index in [1.54, 1.807) is 6.07 Å². The number of carbonyl (C=O) groups is 1. The molecule has 0 amide bonds. The molecule has 0 aliphatic heterocycles. The van der Waals surface area contributed by atoms with E-state index >= 15 is 0 Å². The fourth-order valence-electron chi connectivity index (χ4n) is 0.737. The van der Waals surface area contributed by atoms with Gasteiger partial charge in [-0.25, -0.2) is 0 Å². The number of carboxylic acid groups (broad SMARTS) is 1.